The number of imidazole rings is 1. The van der Waals surface area contributed by atoms with Crippen molar-refractivity contribution in [3.8, 4) is 0 Å². The zero-order valence-corrected chi connectivity index (χ0v) is 11.6. The van der Waals surface area contributed by atoms with Crippen LogP contribution in [0.4, 0.5) is 11.4 Å². The van der Waals surface area contributed by atoms with Gasteiger partial charge in [0, 0.05) is 32.6 Å². The van der Waals surface area contributed by atoms with E-state index in [1.54, 1.807) is 24.3 Å². The van der Waals surface area contributed by atoms with Crippen LogP contribution in [0.1, 0.15) is 16.2 Å². The molecular weight excluding hydrogens is 276 g/mol. The Morgan fingerprint density at radius 1 is 1.52 bits per heavy atom. The fourth-order valence-corrected chi connectivity index (χ4v) is 1.97. The van der Waals surface area contributed by atoms with Crippen molar-refractivity contribution >= 4 is 17.3 Å². The van der Waals surface area contributed by atoms with Gasteiger partial charge in [-0.2, -0.15) is 0 Å². The van der Waals surface area contributed by atoms with Gasteiger partial charge < -0.3 is 14.6 Å². The number of aryl methyl sites for hydroxylation is 1. The van der Waals surface area contributed by atoms with Crippen LogP contribution >= 0.6 is 0 Å². The summed E-state index contributed by atoms with van der Waals surface area (Å²) in [5.74, 6) is -0.453. The van der Waals surface area contributed by atoms with Crippen LogP contribution in [0.15, 0.2) is 30.6 Å². The van der Waals surface area contributed by atoms with E-state index in [0.717, 1.165) is 11.9 Å². The number of aromatic nitrogens is 2. The van der Waals surface area contributed by atoms with Gasteiger partial charge in [-0.15, -0.1) is 0 Å². The summed E-state index contributed by atoms with van der Waals surface area (Å²) < 4.78 is 1.81. The maximum Gasteiger partial charge on any atom is 0.335 e. The van der Waals surface area contributed by atoms with Crippen molar-refractivity contribution in [2.45, 2.75) is 6.54 Å². The Kier molecular flexibility index (Phi) is 3.88. The summed E-state index contributed by atoms with van der Waals surface area (Å²) in [6.45, 7) is 0.372. The van der Waals surface area contributed by atoms with Crippen molar-refractivity contribution in [2.75, 3.05) is 11.9 Å². The van der Waals surface area contributed by atoms with Gasteiger partial charge in [-0.3, -0.25) is 10.1 Å². The van der Waals surface area contributed by atoms with Crippen molar-refractivity contribution in [1.82, 2.24) is 9.55 Å². The molecule has 21 heavy (non-hydrogen) atoms. The quantitative estimate of drug-likeness (QED) is 0.663. The molecule has 0 aliphatic heterocycles. The SMILES string of the molecule is CN(Cc1nccn1C)c1ccc(C(=O)O)cc1[N+](=O)[O-]. The fraction of sp³-hybridized carbons (Fsp3) is 0.231. The highest BCUT2D eigenvalue weighted by Gasteiger charge is 2.20. The fourth-order valence-electron chi connectivity index (χ4n) is 1.97. The van der Waals surface area contributed by atoms with Crippen molar-refractivity contribution in [3.05, 3.63) is 52.1 Å². The Balaban J connectivity index is 2.36. The van der Waals surface area contributed by atoms with E-state index >= 15 is 0 Å². The van der Waals surface area contributed by atoms with Crippen LogP contribution in [0.2, 0.25) is 0 Å². The van der Waals surface area contributed by atoms with E-state index in [-0.39, 0.29) is 11.3 Å². The molecule has 8 nitrogen and oxygen atoms in total. The Morgan fingerprint density at radius 2 is 2.24 bits per heavy atom. The second-order valence-corrected chi connectivity index (χ2v) is 4.58. The first-order chi connectivity index (χ1) is 9.90. The van der Waals surface area contributed by atoms with Crippen LogP contribution in [0.5, 0.6) is 0 Å². The molecule has 2 aromatic rings. The predicted molar refractivity (Wildman–Crippen MR) is 75.4 cm³/mol. The summed E-state index contributed by atoms with van der Waals surface area (Å²) >= 11 is 0. The van der Waals surface area contributed by atoms with Crippen LogP contribution in [0, 0.1) is 10.1 Å². The molecule has 110 valence electrons. The van der Waals surface area contributed by atoms with Gasteiger partial charge in [-0.05, 0) is 12.1 Å². The summed E-state index contributed by atoms with van der Waals surface area (Å²) in [6.07, 6.45) is 3.43. The normalized spacial score (nSPS) is 10.4. The van der Waals surface area contributed by atoms with Crippen LogP contribution in [0.3, 0.4) is 0 Å². The summed E-state index contributed by atoms with van der Waals surface area (Å²) in [7, 11) is 3.52. The first-order valence-corrected chi connectivity index (χ1v) is 6.09. The molecule has 0 amide bonds. The molecule has 0 fully saturated rings. The Hall–Kier alpha value is -2.90. The monoisotopic (exact) mass is 290 g/mol. The van der Waals surface area contributed by atoms with Gasteiger partial charge in [0.05, 0.1) is 17.0 Å². The van der Waals surface area contributed by atoms with Crippen LogP contribution in [-0.2, 0) is 13.6 Å². The molecule has 0 saturated carbocycles. The third-order valence-corrected chi connectivity index (χ3v) is 3.13. The molecule has 0 saturated heterocycles. The Labute approximate surface area is 120 Å². The topological polar surface area (TPSA) is 102 Å². The smallest absolute Gasteiger partial charge is 0.335 e. The van der Waals surface area contributed by atoms with Crippen molar-refractivity contribution in [2.24, 2.45) is 7.05 Å². The third kappa shape index (κ3) is 2.99. The van der Waals surface area contributed by atoms with E-state index in [0.29, 0.717) is 12.2 Å². The van der Waals surface area contributed by atoms with Gasteiger partial charge in [0.25, 0.3) is 5.69 Å². The third-order valence-electron chi connectivity index (χ3n) is 3.13. The van der Waals surface area contributed by atoms with E-state index in [1.165, 1.54) is 12.1 Å². The van der Waals surface area contributed by atoms with Gasteiger partial charge in [-0.1, -0.05) is 0 Å². The van der Waals surface area contributed by atoms with Gasteiger partial charge in [0.15, 0.2) is 0 Å². The maximum absolute atomic E-state index is 11.1. The minimum Gasteiger partial charge on any atom is -0.478 e. The van der Waals surface area contributed by atoms with Crippen molar-refractivity contribution in [1.29, 1.82) is 0 Å². The van der Waals surface area contributed by atoms with E-state index in [2.05, 4.69) is 4.98 Å². The molecule has 1 heterocycles. The number of hydrogen-bond acceptors (Lipinski definition) is 5. The number of nitro groups is 1. The maximum atomic E-state index is 11.1. The second kappa shape index (κ2) is 5.61. The molecule has 0 radical (unpaired) electrons. The second-order valence-electron chi connectivity index (χ2n) is 4.58. The number of carboxylic acid groups (broad SMARTS) is 1. The number of benzene rings is 1. The molecular formula is C13H14N4O4. The highest BCUT2D eigenvalue weighted by atomic mass is 16.6. The summed E-state index contributed by atoms with van der Waals surface area (Å²) in [5, 5.41) is 20.1. The van der Waals surface area contributed by atoms with Crippen LogP contribution in [-0.4, -0.2) is 32.6 Å². The van der Waals surface area contributed by atoms with E-state index in [1.807, 2.05) is 11.6 Å². The van der Waals surface area contributed by atoms with Crippen molar-refractivity contribution < 1.29 is 14.8 Å². The summed E-state index contributed by atoms with van der Waals surface area (Å²) in [4.78, 5) is 27.3. The molecule has 0 spiro atoms. The van der Waals surface area contributed by atoms with E-state index in [9.17, 15) is 14.9 Å². The number of anilines is 1. The molecule has 1 N–H and O–H groups in total. The number of carbonyl (C=O) groups is 1. The molecule has 1 aromatic heterocycles. The van der Waals surface area contributed by atoms with Gasteiger partial charge >= 0.3 is 5.97 Å². The highest BCUT2D eigenvalue weighted by molar-refractivity contribution is 5.89. The predicted octanol–water partition coefficient (Wildman–Crippen LogP) is 1.66. The van der Waals surface area contributed by atoms with Gasteiger partial charge in [0.2, 0.25) is 0 Å². The van der Waals surface area contributed by atoms with Crippen molar-refractivity contribution in [3.63, 3.8) is 0 Å². The lowest BCUT2D eigenvalue weighted by Crippen LogP contribution is -2.20. The molecule has 1 aromatic carbocycles. The lowest BCUT2D eigenvalue weighted by atomic mass is 10.1. The van der Waals surface area contributed by atoms with Crippen LogP contribution in [0.25, 0.3) is 0 Å². The first kappa shape index (κ1) is 14.5. The van der Waals surface area contributed by atoms with Gasteiger partial charge in [-0.25, -0.2) is 9.78 Å². The van der Waals surface area contributed by atoms with Crippen LogP contribution < -0.4 is 4.90 Å². The van der Waals surface area contributed by atoms with E-state index in [4.69, 9.17) is 5.11 Å². The molecule has 0 bridgehead atoms. The Morgan fingerprint density at radius 3 is 2.76 bits per heavy atom. The zero-order valence-electron chi connectivity index (χ0n) is 11.6. The number of hydrogen-bond donors (Lipinski definition) is 1. The zero-order chi connectivity index (χ0) is 15.6. The minimum absolute atomic E-state index is 0.115. The van der Waals surface area contributed by atoms with E-state index < -0.39 is 10.9 Å². The number of aromatic carboxylic acids is 1. The average Bonchev–Trinajstić information content (AvgIpc) is 2.83. The first-order valence-electron chi connectivity index (χ1n) is 6.09. The Bertz CT molecular complexity index is 695. The number of carboxylic acids is 1. The molecule has 8 heteroatoms. The summed E-state index contributed by atoms with van der Waals surface area (Å²) in [6, 6.07) is 3.84. The average molecular weight is 290 g/mol. The minimum atomic E-state index is -1.20. The lowest BCUT2D eigenvalue weighted by Gasteiger charge is -2.19. The molecule has 0 aliphatic rings. The number of nitro benzene ring substituents is 1. The molecule has 0 atom stereocenters. The highest BCUT2D eigenvalue weighted by Crippen LogP contribution is 2.29. The lowest BCUT2D eigenvalue weighted by molar-refractivity contribution is -0.384. The molecule has 0 aliphatic carbocycles. The summed E-state index contributed by atoms with van der Waals surface area (Å²) in [5.41, 5.74) is -0.0181. The standard InChI is InChI=1S/C13H14N4O4/c1-15-6-5-14-12(15)8-16(2)10-4-3-9(13(18)19)7-11(10)17(20)21/h3-7H,8H2,1-2H3,(H,18,19). The van der Waals surface area contributed by atoms with Gasteiger partial charge in [0.1, 0.15) is 11.5 Å². The number of nitrogens with zero attached hydrogens (tertiary/aromatic N) is 4. The molecule has 0 unspecified atom stereocenters. The number of rotatable bonds is 5. The largest absolute Gasteiger partial charge is 0.478 e. The molecule has 2 rings (SSSR count).